The summed E-state index contributed by atoms with van der Waals surface area (Å²) in [5, 5.41) is 3.06. The lowest BCUT2D eigenvalue weighted by atomic mass is 9.98. The Labute approximate surface area is 196 Å². The number of anilines is 1. The summed E-state index contributed by atoms with van der Waals surface area (Å²) in [5.41, 5.74) is 0.267. The Morgan fingerprint density at radius 2 is 1.70 bits per heavy atom. The maximum Gasteiger partial charge on any atom is 0.339 e. The van der Waals surface area contributed by atoms with E-state index in [1.807, 2.05) is 0 Å². The zero-order chi connectivity index (χ0) is 24.2. The maximum atomic E-state index is 13.0. The van der Waals surface area contributed by atoms with Crippen LogP contribution in [0.5, 0.6) is 0 Å². The molecular weight excluding hydrogens is 472 g/mol. The van der Waals surface area contributed by atoms with E-state index in [0.717, 1.165) is 0 Å². The van der Waals surface area contributed by atoms with Gasteiger partial charge in [-0.15, -0.1) is 0 Å². The van der Waals surface area contributed by atoms with Gasteiger partial charge in [-0.25, -0.2) is 18.0 Å². The van der Waals surface area contributed by atoms with E-state index in [1.54, 1.807) is 0 Å². The number of piperidine rings is 1. The summed E-state index contributed by atoms with van der Waals surface area (Å²) in [4.78, 5) is 37.1. The largest absolute Gasteiger partial charge is 0.465 e. The quantitative estimate of drug-likeness (QED) is 0.613. The topological polar surface area (TPSA) is 119 Å². The Bertz CT molecular complexity index is 1170. The first-order chi connectivity index (χ1) is 15.7. The number of nitrogens with one attached hydrogen (secondary N) is 1. The van der Waals surface area contributed by atoms with Crippen LogP contribution in [0, 0.1) is 5.92 Å². The summed E-state index contributed by atoms with van der Waals surface area (Å²) in [7, 11) is -1.39. The molecule has 0 bridgehead atoms. The second kappa shape index (κ2) is 10.3. The van der Waals surface area contributed by atoms with Crippen molar-refractivity contribution in [1.82, 2.24) is 4.31 Å². The molecule has 176 valence electrons. The Morgan fingerprint density at radius 1 is 1.03 bits per heavy atom. The van der Waals surface area contributed by atoms with E-state index in [9.17, 15) is 22.8 Å². The number of carbonyl (C=O) groups excluding carboxylic acids is 3. The third-order valence-electron chi connectivity index (χ3n) is 5.31. The van der Waals surface area contributed by atoms with Crippen molar-refractivity contribution in [2.75, 3.05) is 32.6 Å². The van der Waals surface area contributed by atoms with Gasteiger partial charge < -0.3 is 14.8 Å². The van der Waals surface area contributed by atoms with Crippen molar-refractivity contribution in [3.8, 4) is 0 Å². The average molecular weight is 495 g/mol. The third kappa shape index (κ3) is 5.52. The molecule has 1 saturated heterocycles. The number of rotatable bonds is 6. The van der Waals surface area contributed by atoms with Crippen molar-refractivity contribution < 1.29 is 32.3 Å². The Hall–Kier alpha value is -2.95. The Balaban J connectivity index is 1.82. The lowest BCUT2D eigenvalue weighted by Gasteiger charge is -2.31. The lowest BCUT2D eigenvalue weighted by Crippen LogP contribution is -2.43. The standard InChI is InChI=1S/C22H23ClN2O7S/c1-31-21(27)14-5-10-18(22(28)32-2)19(12-14)24-20(26)15-4-3-11-25(13-15)33(29,30)17-8-6-16(23)7-9-17/h5-10,12,15H,3-4,11,13H2,1-2H3,(H,24,26)/t15-/m1/s1. The summed E-state index contributed by atoms with van der Waals surface area (Å²) in [6.07, 6.45) is 0.944. The summed E-state index contributed by atoms with van der Waals surface area (Å²) in [5.74, 6) is -2.47. The Kier molecular flexibility index (Phi) is 7.72. The van der Waals surface area contributed by atoms with E-state index in [-0.39, 0.29) is 34.8 Å². The fourth-order valence-corrected chi connectivity index (χ4v) is 5.20. The minimum Gasteiger partial charge on any atom is -0.465 e. The van der Waals surface area contributed by atoms with Gasteiger partial charge in [0.2, 0.25) is 15.9 Å². The van der Waals surface area contributed by atoms with E-state index in [1.165, 1.54) is 61.0 Å². The number of hydrogen-bond donors (Lipinski definition) is 1. The zero-order valence-corrected chi connectivity index (χ0v) is 19.6. The van der Waals surface area contributed by atoms with Crippen LogP contribution in [0.15, 0.2) is 47.4 Å². The van der Waals surface area contributed by atoms with Gasteiger partial charge in [0.1, 0.15) is 0 Å². The van der Waals surface area contributed by atoms with E-state index >= 15 is 0 Å². The van der Waals surface area contributed by atoms with Crippen molar-refractivity contribution in [1.29, 1.82) is 0 Å². The van der Waals surface area contributed by atoms with Crippen molar-refractivity contribution in [2.45, 2.75) is 17.7 Å². The molecule has 1 fully saturated rings. The summed E-state index contributed by atoms with van der Waals surface area (Å²) >= 11 is 5.85. The number of sulfonamides is 1. The van der Waals surface area contributed by atoms with Gasteiger partial charge >= 0.3 is 11.9 Å². The molecular formula is C22H23ClN2O7S. The molecule has 11 heteroatoms. The van der Waals surface area contributed by atoms with Crippen molar-refractivity contribution in [2.24, 2.45) is 5.92 Å². The Morgan fingerprint density at radius 3 is 2.33 bits per heavy atom. The molecule has 0 radical (unpaired) electrons. The summed E-state index contributed by atoms with van der Waals surface area (Å²) < 4.78 is 36.7. The fraction of sp³-hybridized carbons (Fsp3) is 0.318. The van der Waals surface area contributed by atoms with Crippen LogP contribution in [0.3, 0.4) is 0 Å². The summed E-state index contributed by atoms with van der Waals surface area (Å²) in [6.45, 7) is 0.251. The van der Waals surface area contributed by atoms with Crippen molar-refractivity contribution in [3.05, 3.63) is 58.6 Å². The number of benzene rings is 2. The number of esters is 2. The molecule has 1 N–H and O–H groups in total. The van der Waals surface area contributed by atoms with Gasteiger partial charge in [0.25, 0.3) is 0 Å². The SMILES string of the molecule is COC(=O)c1ccc(C(=O)OC)c(NC(=O)[C@@H]2CCCN(S(=O)(=O)c3ccc(Cl)cc3)C2)c1. The molecule has 1 atom stereocenters. The van der Waals surface area contributed by atoms with Gasteiger partial charge in [-0.3, -0.25) is 4.79 Å². The number of nitrogens with zero attached hydrogens (tertiary/aromatic N) is 1. The van der Waals surface area contributed by atoms with Gasteiger partial charge in [-0.1, -0.05) is 11.6 Å². The highest BCUT2D eigenvalue weighted by atomic mass is 35.5. The predicted octanol–water partition coefficient (Wildman–Crippen LogP) is 2.95. The number of hydrogen-bond acceptors (Lipinski definition) is 7. The number of methoxy groups -OCH3 is 2. The molecule has 3 rings (SSSR count). The van der Waals surface area contributed by atoms with Crippen molar-refractivity contribution in [3.63, 3.8) is 0 Å². The van der Waals surface area contributed by atoms with Crippen LogP contribution >= 0.6 is 11.6 Å². The smallest absolute Gasteiger partial charge is 0.339 e. The fourth-order valence-electron chi connectivity index (χ4n) is 3.55. The van der Waals surface area contributed by atoms with E-state index in [0.29, 0.717) is 17.9 Å². The number of ether oxygens (including phenoxy) is 2. The summed E-state index contributed by atoms with van der Waals surface area (Å²) in [6, 6.07) is 9.88. The first kappa shape index (κ1) is 24.7. The molecule has 33 heavy (non-hydrogen) atoms. The van der Waals surface area contributed by atoms with Gasteiger partial charge in [0, 0.05) is 18.1 Å². The maximum absolute atomic E-state index is 13.0. The molecule has 1 aliphatic rings. The van der Waals surface area contributed by atoms with E-state index in [2.05, 4.69) is 5.32 Å². The predicted molar refractivity (Wildman–Crippen MR) is 121 cm³/mol. The molecule has 0 saturated carbocycles. The first-order valence-electron chi connectivity index (χ1n) is 10.0. The van der Waals surface area contributed by atoms with Gasteiger partial charge in [-0.05, 0) is 55.3 Å². The van der Waals surface area contributed by atoms with Gasteiger partial charge in [0.05, 0.1) is 41.8 Å². The van der Waals surface area contributed by atoms with Crippen LogP contribution in [0.1, 0.15) is 33.6 Å². The first-order valence-corrected chi connectivity index (χ1v) is 11.9. The molecule has 1 amide bonds. The lowest BCUT2D eigenvalue weighted by molar-refractivity contribution is -0.120. The van der Waals surface area contributed by atoms with Crippen LogP contribution < -0.4 is 5.32 Å². The second-order valence-corrected chi connectivity index (χ2v) is 9.76. The molecule has 2 aromatic carbocycles. The van der Waals surface area contributed by atoms with Crippen LogP contribution in [-0.4, -0.2) is 57.9 Å². The molecule has 0 aromatic heterocycles. The van der Waals surface area contributed by atoms with Crippen LogP contribution in [0.4, 0.5) is 5.69 Å². The normalized spacial score (nSPS) is 16.6. The molecule has 0 aliphatic carbocycles. The van der Waals surface area contributed by atoms with Gasteiger partial charge in [-0.2, -0.15) is 4.31 Å². The molecule has 9 nitrogen and oxygen atoms in total. The number of carbonyl (C=O) groups is 3. The van der Waals surface area contributed by atoms with Gasteiger partial charge in [0.15, 0.2) is 0 Å². The zero-order valence-electron chi connectivity index (χ0n) is 18.0. The number of halogens is 1. The second-order valence-electron chi connectivity index (χ2n) is 7.39. The molecule has 0 spiro atoms. The molecule has 1 heterocycles. The van der Waals surface area contributed by atoms with Crippen LogP contribution in [0.2, 0.25) is 5.02 Å². The minimum atomic E-state index is -3.81. The molecule has 2 aromatic rings. The molecule has 1 aliphatic heterocycles. The van der Waals surface area contributed by atoms with E-state index in [4.69, 9.17) is 21.1 Å². The highest BCUT2D eigenvalue weighted by Gasteiger charge is 2.33. The third-order valence-corrected chi connectivity index (χ3v) is 7.44. The highest BCUT2D eigenvalue weighted by Crippen LogP contribution is 2.27. The molecule has 0 unspecified atom stereocenters. The highest BCUT2D eigenvalue weighted by molar-refractivity contribution is 7.89. The minimum absolute atomic E-state index is 0.0267. The monoisotopic (exact) mass is 494 g/mol. The van der Waals surface area contributed by atoms with Crippen LogP contribution in [0.25, 0.3) is 0 Å². The van der Waals surface area contributed by atoms with E-state index < -0.39 is 33.8 Å². The van der Waals surface area contributed by atoms with Crippen molar-refractivity contribution >= 4 is 45.2 Å². The average Bonchev–Trinajstić information content (AvgIpc) is 2.83. The van der Waals surface area contributed by atoms with Crippen LogP contribution in [-0.2, 0) is 24.3 Å². The number of amides is 1.